The van der Waals surface area contributed by atoms with Gasteiger partial charge in [0.1, 0.15) is 0 Å². The molecule has 3 heteroatoms. The van der Waals surface area contributed by atoms with Gasteiger partial charge in [-0.3, -0.25) is 0 Å². The van der Waals surface area contributed by atoms with Crippen LogP contribution in [-0.4, -0.2) is 36.0 Å². The summed E-state index contributed by atoms with van der Waals surface area (Å²) in [4.78, 5) is 0. The van der Waals surface area contributed by atoms with Crippen LogP contribution in [0.1, 0.15) is 92.9 Å². The second-order valence-corrected chi connectivity index (χ2v) is 13.1. The van der Waals surface area contributed by atoms with Crippen molar-refractivity contribution in [1.29, 1.82) is 0 Å². The summed E-state index contributed by atoms with van der Waals surface area (Å²) >= 11 is 0. The largest absolute Gasteiger partial charge is 0.393 e. The van der Waals surface area contributed by atoms with Gasteiger partial charge in [-0.1, -0.05) is 53.2 Å². The first kappa shape index (κ1) is 23.8. The summed E-state index contributed by atoms with van der Waals surface area (Å²) in [7, 11) is 2.05. The minimum Gasteiger partial charge on any atom is -0.393 e. The van der Waals surface area contributed by atoms with Crippen molar-refractivity contribution < 1.29 is 10.2 Å². The molecule has 0 saturated heterocycles. The minimum atomic E-state index is -0.258. The lowest BCUT2D eigenvalue weighted by Crippen LogP contribution is -2.64. The molecule has 9 atom stereocenters. The number of hydrogen-bond donors (Lipinski definition) is 3. The van der Waals surface area contributed by atoms with Crippen molar-refractivity contribution in [3.8, 4) is 0 Å². The predicted octanol–water partition coefficient (Wildman–Crippen LogP) is 5.56. The van der Waals surface area contributed by atoms with Crippen LogP contribution in [-0.2, 0) is 0 Å². The first-order valence-electron chi connectivity index (χ1n) is 13.2. The third-order valence-corrected chi connectivity index (χ3v) is 11.7. The van der Waals surface area contributed by atoms with Gasteiger partial charge in [0.25, 0.3) is 0 Å². The maximum Gasteiger partial charge on any atom is 0.0628 e. The van der Waals surface area contributed by atoms with Crippen LogP contribution in [0, 0.1) is 45.3 Å². The molecular formula is C28H49NO2. The van der Waals surface area contributed by atoms with Gasteiger partial charge in [0.2, 0.25) is 0 Å². The maximum atomic E-state index is 11.9. The van der Waals surface area contributed by atoms with Gasteiger partial charge >= 0.3 is 0 Å². The fourth-order valence-corrected chi connectivity index (χ4v) is 9.46. The number of fused-ring (bicyclic) bond motifs is 5. The van der Waals surface area contributed by atoms with Crippen molar-refractivity contribution in [2.24, 2.45) is 45.3 Å². The molecule has 4 aliphatic carbocycles. The van der Waals surface area contributed by atoms with E-state index in [1.807, 2.05) is 7.05 Å². The number of rotatable bonds is 5. The molecule has 178 valence electrons. The normalized spacial score (nSPS) is 49.6. The van der Waals surface area contributed by atoms with Crippen LogP contribution in [0.15, 0.2) is 11.6 Å². The molecule has 0 bridgehead atoms. The van der Waals surface area contributed by atoms with E-state index in [0.29, 0.717) is 17.8 Å². The Kier molecular flexibility index (Phi) is 6.01. The Morgan fingerprint density at radius 2 is 1.74 bits per heavy atom. The summed E-state index contributed by atoms with van der Waals surface area (Å²) in [6.45, 7) is 15.6. The van der Waals surface area contributed by atoms with Gasteiger partial charge in [0.05, 0.1) is 12.2 Å². The molecule has 3 nitrogen and oxygen atoms in total. The molecule has 31 heavy (non-hydrogen) atoms. The molecular weight excluding hydrogens is 382 g/mol. The second kappa shape index (κ2) is 7.84. The Hall–Kier alpha value is -0.380. The van der Waals surface area contributed by atoms with Crippen molar-refractivity contribution in [3.05, 3.63) is 11.6 Å². The molecule has 3 saturated carbocycles. The smallest absolute Gasteiger partial charge is 0.0628 e. The van der Waals surface area contributed by atoms with Crippen LogP contribution in [0.2, 0.25) is 0 Å². The standard InChI is InChI=1S/C28H49NO2/c1-18(9-8-16-29-7)19-14-15-26(4)22-12-10-20-21(11-13-23(30)25(20,2)3)28(22,6)24(31)17-27(19,26)5/h10,18-19,21-24,29-31H,8-9,11-17H2,1-7H3/t18-,19-,21-,22+,23+,24-,26+,27-,28+/m1/s1. The van der Waals surface area contributed by atoms with Crippen molar-refractivity contribution in [2.45, 2.75) is 105 Å². The summed E-state index contributed by atoms with van der Waals surface area (Å²) in [6.07, 6.45) is 11.1. The average molecular weight is 432 g/mol. The fourth-order valence-electron chi connectivity index (χ4n) is 9.46. The van der Waals surface area contributed by atoms with Crippen LogP contribution in [0.25, 0.3) is 0 Å². The van der Waals surface area contributed by atoms with E-state index in [9.17, 15) is 10.2 Å². The number of hydrogen-bond acceptors (Lipinski definition) is 3. The summed E-state index contributed by atoms with van der Waals surface area (Å²) < 4.78 is 0. The molecule has 0 radical (unpaired) electrons. The highest BCUT2D eigenvalue weighted by Gasteiger charge is 2.70. The van der Waals surface area contributed by atoms with Gasteiger partial charge in [-0.05, 0) is 99.5 Å². The molecule has 0 aromatic rings. The Labute approximate surface area is 191 Å². The van der Waals surface area contributed by atoms with E-state index in [0.717, 1.165) is 38.1 Å². The van der Waals surface area contributed by atoms with Gasteiger partial charge in [0.15, 0.2) is 0 Å². The Morgan fingerprint density at radius 3 is 2.42 bits per heavy atom. The summed E-state index contributed by atoms with van der Waals surface area (Å²) in [5.74, 6) is 2.37. The van der Waals surface area contributed by atoms with Gasteiger partial charge in [-0.2, -0.15) is 0 Å². The third-order valence-electron chi connectivity index (χ3n) is 11.7. The van der Waals surface area contributed by atoms with Crippen LogP contribution >= 0.6 is 0 Å². The number of aliphatic hydroxyl groups excluding tert-OH is 2. The van der Waals surface area contributed by atoms with Gasteiger partial charge in [-0.25, -0.2) is 0 Å². The zero-order chi connectivity index (χ0) is 22.8. The SMILES string of the molecule is CNCCC[C@@H](C)[C@H]1CC[C@@]2(C)[C@@H]3CC=C4[C@@H](CC[C@H](O)C4(C)C)[C@]3(C)[C@H](O)C[C@]12C. The Morgan fingerprint density at radius 1 is 1.03 bits per heavy atom. The van der Waals surface area contributed by atoms with Crippen LogP contribution < -0.4 is 5.32 Å². The molecule has 3 fully saturated rings. The lowest BCUT2D eigenvalue weighted by atomic mass is 9.38. The van der Waals surface area contributed by atoms with Gasteiger partial charge in [-0.15, -0.1) is 0 Å². The zero-order valence-electron chi connectivity index (χ0n) is 21.3. The zero-order valence-corrected chi connectivity index (χ0v) is 21.3. The predicted molar refractivity (Wildman–Crippen MR) is 129 cm³/mol. The maximum absolute atomic E-state index is 11.9. The topological polar surface area (TPSA) is 52.5 Å². The molecule has 0 aromatic carbocycles. The second-order valence-electron chi connectivity index (χ2n) is 13.1. The molecule has 3 N–H and O–H groups in total. The first-order chi connectivity index (χ1) is 14.4. The van der Waals surface area contributed by atoms with E-state index in [-0.39, 0.29) is 33.9 Å². The minimum absolute atomic E-state index is 0.0694. The van der Waals surface area contributed by atoms with Gasteiger partial charge < -0.3 is 15.5 Å². The molecule has 0 aromatic heterocycles. The number of aliphatic hydroxyl groups is 2. The molecule has 4 rings (SSSR count). The van der Waals surface area contributed by atoms with Gasteiger partial charge in [0, 0.05) is 10.8 Å². The van der Waals surface area contributed by atoms with Crippen molar-refractivity contribution in [2.75, 3.05) is 13.6 Å². The van der Waals surface area contributed by atoms with E-state index in [1.54, 1.807) is 0 Å². The Balaban J connectivity index is 1.68. The highest BCUT2D eigenvalue weighted by Crippen LogP contribution is 2.74. The van der Waals surface area contributed by atoms with Crippen LogP contribution in [0.3, 0.4) is 0 Å². The van der Waals surface area contributed by atoms with Crippen LogP contribution in [0.4, 0.5) is 0 Å². The van der Waals surface area contributed by atoms with E-state index < -0.39 is 0 Å². The van der Waals surface area contributed by atoms with Crippen molar-refractivity contribution >= 4 is 0 Å². The van der Waals surface area contributed by atoms with E-state index in [4.69, 9.17) is 0 Å². The summed E-state index contributed by atoms with van der Waals surface area (Å²) in [5.41, 5.74) is 1.69. The quantitative estimate of drug-likeness (QED) is 0.395. The number of nitrogens with one attached hydrogen (secondary N) is 1. The highest BCUT2D eigenvalue weighted by atomic mass is 16.3. The molecule has 0 amide bonds. The van der Waals surface area contributed by atoms with Crippen molar-refractivity contribution in [1.82, 2.24) is 5.32 Å². The van der Waals surface area contributed by atoms with E-state index in [1.165, 1.54) is 31.3 Å². The first-order valence-corrected chi connectivity index (χ1v) is 13.2. The fraction of sp³-hybridized carbons (Fsp3) is 0.929. The molecule has 0 heterocycles. The summed E-state index contributed by atoms with van der Waals surface area (Å²) in [6, 6.07) is 0. The third kappa shape index (κ3) is 3.16. The molecule has 0 spiro atoms. The van der Waals surface area contributed by atoms with E-state index in [2.05, 4.69) is 52.9 Å². The lowest BCUT2D eigenvalue weighted by Gasteiger charge is -2.67. The highest BCUT2D eigenvalue weighted by molar-refractivity contribution is 5.31. The monoisotopic (exact) mass is 431 g/mol. The lowest BCUT2D eigenvalue weighted by molar-refractivity contribution is -0.204. The molecule has 4 aliphatic rings. The molecule has 0 unspecified atom stereocenters. The average Bonchev–Trinajstić information content (AvgIpc) is 2.96. The number of allylic oxidation sites excluding steroid dienone is 1. The van der Waals surface area contributed by atoms with Crippen LogP contribution in [0.5, 0.6) is 0 Å². The van der Waals surface area contributed by atoms with Crippen molar-refractivity contribution in [3.63, 3.8) is 0 Å². The Bertz CT molecular complexity index is 716. The van der Waals surface area contributed by atoms with E-state index >= 15 is 0 Å². The summed E-state index contributed by atoms with van der Waals surface area (Å²) in [5, 5.41) is 25.9. The molecule has 0 aliphatic heterocycles.